The van der Waals surface area contributed by atoms with Gasteiger partial charge in [0.05, 0.1) is 0 Å². The highest BCUT2D eigenvalue weighted by Crippen LogP contribution is 2.40. The molecule has 1 unspecified atom stereocenters. The van der Waals surface area contributed by atoms with Crippen LogP contribution < -0.4 is 0 Å². The molecule has 1 atom stereocenters. The van der Waals surface area contributed by atoms with Crippen molar-refractivity contribution in [2.75, 3.05) is 0 Å². The quantitative estimate of drug-likeness (QED) is 0.557. The summed E-state index contributed by atoms with van der Waals surface area (Å²) >= 11 is 3.56. The second-order valence-electron chi connectivity index (χ2n) is 4.86. The zero-order chi connectivity index (χ0) is 13.9. The molecule has 0 N–H and O–H groups in total. The Morgan fingerprint density at radius 2 is 1.65 bits per heavy atom. The fourth-order valence-corrected chi connectivity index (χ4v) is 3.97. The Labute approximate surface area is 128 Å². The second kappa shape index (κ2) is 5.78. The monoisotopic (exact) mass is 296 g/mol. The first kappa shape index (κ1) is 13.3. The van der Waals surface area contributed by atoms with Gasteiger partial charge in [-0.05, 0) is 41.0 Å². The van der Waals surface area contributed by atoms with Crippen LogP contribution in [0.3, 0.4) is 0 Å². The summed E-state index contributed by atoms with van der Waals surface area (Å²) in [5, 5.41) is 4.25. The summed E-state index contributed by atoms with van der Waals surface area (Å²) in [7, 11) is 0. The Bertz CT molecular complexity index is 674. The molecule has 2 heterocycles. The Balaban J connectivity index is 2.05. The highest BCUT2D eigenvalue weighted by molar-refractivity contribution is 7.11. The summed E-state index contributed by atoms with van der Waals surface area (Å²) in [5.74, 6) is 0.259. The van der Waals surface area contributed by atoms with Gasteiger partial charge in [-0.25, -0.2) is 0 Å². The van der Waals surface area contributed by atoms with Crippen LogP contribution in [-0.4, -0.2) is 0 Å². The molecule has 0 amide bonds. The molecule has 0 aliphatic heterocycles. The van der Waals surface area contributed by atoms with Gasteiger partial charge in [0.25, 0.3) is 0 Å². The largest absolute Gasteiger partial charge is 0.148 e. The molecule has 0 spiro atoms. The summed E-state index contributed by atoms with van der Waals surface area (Å²) in [6.45, 7) is 6.49. The standard InChI is InChI=1S/C18H16S2/c1-13-7-9-15(10-8-13)18(17-6-4-12-20-17)14(2)16-5-3-11-19-16/h3-12,18H,2H2,1H3. The molecule has 0 fully saturated rings. The van der Waals surface area contributed by atoms with Crippen molar-refractivity contribution in [3.63, 3.8) is 0 Å². The molecular weight excluding hydrogens is 280 g/mol. The summed E-state index contributed by atoms with van der Waals surface area (Å²) in [4.78, 5) is 2.62. The molecule has 2 aromatic heterocycles. The predicted octanol–water partition coefficient (Wildman–Crippen LogP) is 5.96. The number of allylic oxidation sites excluding steroid dienone is 1. The van der Waals surface area contributed by atoms with Gasteiger partial charge in [0, 0.05) is 15.7 Å². The smallest absolute Gasteiger partial charge is 0.0442 e. The van der Waals surface area contributed by atoms with Crippen molar-refractivity contribution in [3.05, 3.63) is 86.8 Å². The Morgan fingerprint density at radius 1 is 0.950 bits per heavy atom. The molecule has 0 radical (unpaired) electrons. The molecule has 2 heteroatoms. The minimum absolute atomic E-state index is 0.259. The summed E-state index contributed by atoms with van der Waals surface area (Å²) in [6.07, 6.45) is 0. The molecule has 20 heavy (non-hydrogen) atoms. The van der Waals surface area contributed by atoms with E-state index in [1.807, 2.05) is 0 Å². The Hall–Kier alpha value is -1.64. The first-order chi connectivity index (χ1) is 9.75. The van der Waals surface area contributed by atoms with Gasteiger partial charge in [-0.1, -0.05) is 48.5 Å². The molecule has 0 saturated carbocycles. The van der Waals surface area contributed by atoms with Gasteiger partial charge < -0.3 is 0 Å². The first-order valence-electron chi connectivity index (χ1n) is 6.58. The number of rotatable bonds is 4. The molecule has 100 valence electrons. The van der Waals surface area contributed by atoms with Crippen LogP contribution in [0.5, 0.6) is 0 Å². The van der Waals surface area contributed by atoms with E-state index in [1.54, 1.807) is 22.7 Å². The number of thiophene rings is 2. The van der Waals surface area contributed by atoms with Gasteiger partial charge in [-0.15, -0.1) is 22.7 Å². The van der Waals surface area contributed by atoms with Crippen molar-refractivity contribution in [1.82, 2.24) is 0 Å². The summed E-state index contributed by atoms with van der Waals surface area (Å²) < 4.78 is 0. The average Bonchev–Trinajstić information content (AvgIpc) is 3.13. The van der Waals surface area contributed by atoms with Crippen LogP contribution >= 0.6 is 22.7 Å². The lowest BCUT2D eigenvalue weighted by Gasteiger charge is -2.18. The molecule has 0 aliphatic carbocycles. The number of hydrogen-bond donors (Lipinski definition) is 0. The van der Waals surface area contributed by atoms with E-state index >= 15 is 0 Å². The minimum Gasteiger partial charge on any atom is -0.148 e. The third kappa shape index (κ3) is 2.62. The van der Waals surface area contributed by atoms with E-state index in [0.717, 1.165) is 0 Å². The lowest BCUT2D eigenvalue weighted by Crippen LogP contribution is -2.00. The third-order valence-electron chi connectivity index (χ3n) is 3.42. The number of benzene rings is 1. The Morgan fingerprint density at radius 3 is 2.25 bits per heavy atom. The summed E-state index contributed by atoms with van der Waals surface area (Å²) in [5.41, 5.74) is 3.79. The van der Waals surface area contributed by atoms with E-state index in [9.17, 15) is 0 Å². The third-order valence-corrected chi connectivity index (χ3v) is 5.31. The van der Waals surface area contributed by atoms with Crippen LogP contribution in [0.1, 0.15) is 26.8 Å². The number of aryl methyl sites for hydroxylation is 1. The highest BCUT2D eigenvalue weighted by atomic mass is 32.1. The van der Waals surface area contributed by atoms with Crippen molar-refractivity contribution in [3.8, 4) is 0 Å². The Kier molecular flexibility index (Phi) is 3.86. The van der Waals surface area contributed by atoms with Crippen molar-refractivity contribution >= 4 is 28.2 Å². The molecular formula is C18H16S2. The fourth-order valence-electron chi connectivity index (χ4n) is 2.36. The maximum absolute atomic E-state index is 4.37. The van der Waals surface area contributed by atoms with Crippen molar-refractivity contribution in [2.45, 2.75) is 12.8 Å². The molecule has 3 rings (SSSR count). The number of hydrogen-bond acceptors (Lipinski definition) is 2. The van der Waals surface area contributed by atoms with Gasteiger partial charge in [0.15, 0.2) is 0 Å². The van der Waals surface area contributed by atoms with E-state index in [1.165, 1.54) is 26.5 Å². The fraction of sp³-hybridized carbons (Fsp3) is 0.111. The first-order valence-corrected chi connectivity index (χ1v) is 8.34. The SMILES string of the molecule is C=C(c1cccs1)C(c1ccc(C)cc1)c1cccs1. The van der Waals surface area contributed by atoms with E-state index in [2.05, 4.69) is 72.8 Å². The topological polar surface area (TPSA) is 0 Å². The lowest BCUT2D eigenvalue weighted by atomic mass is 9.89. The van der Waals surface area contributed by atoms with Gasteiger partial charge >= 0.3 is 0 Å². The van der Waals surface area contributed by atoms with Crippen LogP contribution in [0.25, 0.3) is 5.57 Å². The maximum Gasteiger partial charge on any atom is 0.0442 e. The molecule has 0 aliphatic rings. The maximum atomic E-state index is 4.37. The van der Waals surface area contributed by atoms with Crippen molar-refractivity contribution < 1.29 is 0 Å². The van der Waals surface area contributed by atoms with Crippen LogP contribution in [0, 0.1) is 6.92 Å². The normalized spacial score (nSPS) is 12.2. The van der Waals surface area contributed by atoms with Crippen molar-refractivity contribution in [1.29, 1.82) is 0 Å². The van der Waals surface area contributed by atoms with Gasteiger partial charge in [0.1, 0.15) is 0 Å². The van der Waals surface area contributed by atoms with Crippen LogP contribution in [0.2, 0.25) is 0 Å². The zero-order valence-corrected chi connectivity index (χ0v) is 13.0. The van der Waals surface area contributed by atoms with Crippen LogP contribution in [0.15, 0.2) is 65.9 Å². The van der Waals surface area contributed by atoms with Crippen LogP contribution in [-0.2, 0) is 0 Å². The lowest BCUT2D eigenvalue weighted by molar-refractivity contribution is 1.08. The van der Waals surface area contributed by atoms with Crippen molar-refractivity contribution in [2.24, 2.45) is 0 Å². The minimum atomic E-state index is 0.259. The van der Waals surface area contributed by atoms with E-state index in [4.69, 9.17) is 0 Å². The van der Waals surface area contributed by atoms with Gasteiger partial charge in [0.2, 0.25) is 0 Å². The molecule has 0 bridgehead atoms. The van der Waals surface area contributed by atoms with E-state index < -0.39 is 0 Å². The summed E-state index contributed by atoms with van der Waals surface area (Å²) in [6, 6.07) is 17.4. The molecule has 1 aromatic carbocycles. The predicted molar refractivity (Wildman–Crippen MR) is 90.7 cm³/mol. The molecule has 0 nitrogen and oxygen atoms in total. The average molecular weight is 296 g/mol. The zero-order valence-electron chi connectivity index (χ0n) is 11.4. The molecule has 3 aromatic rings. The molecule has 0 saturated heterocycles. The van der Waals surface area contributed by atoms with E-state index in [-0.39, 0.29) is 5.92 Å². The van der Waals surface area contributed by atoms with Gasteiger partial charge in [-0.3, -0.25) is 0 Å². The van der Waals surface area contributed by atoms with E-state index in [0.29, 0.717) is 0 Å². The second-order valence-corrected chi connectivity index (χ2v) is 6.79. The van der Waals surface area contributed by atoms with Crippen LogP contribution in [0.4, 0.5) is 0 Å². The van der Waals surface area contributed by atoms with Gasteiger partial charge in [-0.2, -0.15) is 0 Å². The highest BCUT2D eigenvalue weighted by Gasteiger charge is 2.20.